The SMILES string of the molecule is CCC(N(CCO)C(=O)O)N(CCO)C(=O)O. The van der Waals surface area contributed by atoms with Crippen LogP contribution < -0.4 is 0 Å². The smallest absolute Gasteiger partial charge is 0.409 e. The van der Waals surface area contributed by atoms with Crippen molar-refractivity contribution in [3.8, 4) is 0 Å². The van der Waals surface area contributed by atoms with Crippen molar-refractivity contribution in [1.29, 1.82) is 0 Å². The minimum atomic E-state index is -1.31. The third-order valence-corrected chi connectivity index (χ3v) is 2.26. The highest BCUT2D eigenvalue weighted by Crippen LogP contribution is 2.11. The van der Waals surface area contributed by atoms with Crippen LogP contribution in [0.2, 0.25) is 0 Å². The van der Waals surface area contributed by atoms with E-state index in [0.717, 1.165) is 9.80 Å². The van der Waals surface area contributed by atoms with Crippen molar-refractivity contribution in [3.05, 3.63) is 0 Å². The molecule has 8 heteroatoms. The lowest BCUT2D eigenvalue weighted by atomic mass is 10.3. The van der Waals surface area contributed by atoms with Gasteiger partial charge in [-0.1, -0.05) is 6.92 Å². The van der Waals surface area contributed by atoms with Gasteiger partial charge in [0, 0.05) is 13.1 Å². The molecule has 8 nitrogen and oxygen atoms in total. The number of amides is 2. The highest BCUT2D eigenvalue weighted by Gasteiger charge is 2.29. The highest BCUT2D eigenvalue weighted by atomic mass is 16.4. The van der Waals surface area contributed by atoms with E-state index in [9.17, 15) is 9.59 Å². The van der Waals surface area contributed by atoms with E-state index < -0.39 is 31.6 Å². The standard InChI is InChI=1S/C9H18N2O6/c1-2-7(10(3-5-12)8(14)15)11(4-6-13)9(16)17/h7,12-13H,2-6H2,1H3,(H,14,15)(H,16,17). The van der Waals surface area contributed by atoms with Gasteiger partial charge >= 0.3 is 12.2 Å². The Kier molecular flexibility index (Phi) is 6.99. The van der Waals surface area contributed by atoms with Crippen molar-refractivity contribution in [2.75, 3.05) is 26.3 Å². The lowest BCUT2D eigenvalue weighted by molar-refractivity contribution is 0.0274. The lowest BCUT2D eigenvalue weighted by Gasteiger charge is -2.35. The van der Waals surface area contributed by atoms with Gasteiger partial charge in [-0.25, -0.2) is 9.59 Å². The maximum atomic E-state index is 11.0. The maximum absolute atomic E-state index is 11.0. The molecule has 0 aromatic carbocycles. The van der Waals surface area contributed by atoms with Gasteiger partial charge in [-0.05, 0) is 6.42 Å². The van der Waals surface area contributed by atoms with E-state index >= 15 is 0 Å². The molecule has 4 N–H and O–H groups in total. The first kappa shape index (κ1) is 15.5. The Bertz CT molecular complexity index is 236. The van der Waals surface area contributed by atoms with Gasteiger partial charge in [0.15, 0.2) is 0 Å². The fourth-order valence-corrected chi connectivity index (χ4v) is 1.57. The zero-order valence-electron chi connectivity index (χ0n) is 9.61. The minimum Gasteiger partial charge on any atom is -0.465 e. The first-order chi connectivity index (χ1) is 7.99. The van der Waals surface area contributed by atoms with E-state index in [0.29, 0.717) is 0 Å². The van der Waals surface area contributed by atoms with E-state index in [-0.39, 0.29) is 19.5 Å². The molecule has 0 saturated heterocycles. The highest BCUT2D eigenvalue weighted by molar-refractivity contribution is 5.69. The summed E-state index contributed by atoms with van der Waals surface area (Å²) >= 11 is 0. The molecular weight excluding hydrogens is 232 g/mol. The van der Waals surface area contributed by atoms with Crippen molar-refractivity contribution >= 4 is 12.2 Å². The fourth-order valence-electron chi connectivity index (χ4n) is 1.57. The van der Waals surface area contributed by atoms with Crippen LogP contribution in [-0.2, 0) is 0 Å². The van der Waals surface area contributed by atoms with Crippen LogP contribution in [0, 0.1) is 0 Å². The summed E-state index contributed by atoms with van der Waals surface area (Å²) in [6.45, 7) is 0.488. The molecular formula is C9H18N2O6. The Hall–Kier alpha value is -1.54. The second-order valence-corrected chi connectivity index (χ2v) is 3.29. The van der Waals surface area contributed by atoms with Crippen molar-refractivity contribution in [1.82, 2.24) is 9.80 Å². The summed E-state index contributed by atoms with van der Waals surface area (Å²) in [7, 11) is 0. The Morgan fingerprint density at radius 3 is 1.53 bits per heavy atom. The van der Waals surface area contributed by atoms with Crippen molar-refractivity contribution < 1.29 is 30.0 Å². The van der Waals surface area contributed by atoms with Crippen molar-refractivity contribution in [2.24, 2.45) is 0 Å². The molecule has 2 amide bonds. The molecule has 100 valence electrons. The van der Waals surface area contributed by atoms with E-state index in [1.165, 1.54) is 0 Å². The summed E-state index contributed by atoms with van der Waals surface area (Å²) < 4.78 is 0. The number of nitrogens with zero attached hydrogens (tertiary/aromatic N) is 2. The third-order valence-electron chi connectivity index (χ3n) is 2.26. The van der Waals surface area contributed by atoms with Gasteiger partial charge in [-0.2, -0.15) is 0 Å². The molecule has 0 rings (SSSR count). The Labute approximate surface area is 98.7 Å². The summed E-state index contributed by atoms with van der Waals surface area (Å²) in [4.78, 5) is 23.6. The predicted molar refractivity (Wildman–Crippen MR) is 57.7 cm³/mol. The molecule has 0 unspecified atom stereocenters. The molecule has 0 aliphatic carbocycles. The second kappa shape index (κ2) is 7.69. The minimum absolute atomic E-state index is 0.178. The van der Waals surface area contributed by atoms with Gasteiger partial charge in [-0.3, -0.25) is 9.80 Å². The Morgan fingerprint density at radius 2 is 1.35 bits per heavy atom. The van der Waals surface area contributed by atoms with Gasteiger partial charge in [0.1, 0.15) is 6.17 Å². The van der Waals surface area contributed by atoms with Gasteiger partial charge in [-0.15, -0.1) is 0 Å². The maximum Gasteiger partial charge on any atom is 0.409 e. The van der Waals surface area contributed by atoms with Gasteiger partial charge < -0.3 is 20.4 Å². The lowest BCUT2D eigenvalue weighted by Crippen LogP contribution is -2.53. The molecule has 0 aliphatic rings. The van der Waals surface area contributed by atoms with Gasteiger partial charge in [0.05, 0.1) is 13.2 Å². The molecule has 0 heterocycles. The zero-order valence-corrected chi connectivity index (χ0v) is 9.61. The van der Waals surface area contributed by atoms with Crippen LogP contribution in [0.15, 0.2) is 0 Å². The zero-order chi connectivity index (χ0) is 13.4. The van der Waals surface area contributed by atoms with Crippen molar-refractivity contribution in [3.63, 3.8) is 0 Å². The molecule has 0 fully saturated rings. The molecule has 0 spiro atoms. The quantitative estimate of drug-likeness (QED) is 0.459. The summed E-state index contributed by atoms with van der Waals surface area (Å²) in [5.74, 6) is 0. The molecule has 0 radical (unpaired) electrons. The Balaban J connectivity index is 4.95. The molecule has 17 heavy (non-hydrogen) atoms. The normalized spacial score (nSPS) is 10.4. The molecule has 0 aromatic rings. The van der Waals surface area contributed by atoms with E-state index in [2.05, 4.69) is 0 Å². The van der Waals surface area contributed by atoms with Gasteiger partial charge in [0.25, 0.3) is 0 Å². The van der Waals surface area contributed by atoms with E-state index in [4.69, 9.17) is 20.4 Å². The largest absolute Gasteiger partial charge is 0.465 e. The van der Waals surface area contributed by atoms with E-state index in [1.54, 1.807) is 6.92 Å². The second-order valence-electron chi connectivity index (χ2n) is 3.29. The predicted octanol–water partition coefficient (Wildman–Crippen LogP) is -0.333. The number of aliphatic hydroxyl groups excluding tert-OH is 2. The van der Waals surface area contributed by atoms with Crippen LogP contribution in [0.25, 0.3) is 0 Å². The van der Waals surface area contributed by atoms with Gasteiger partial charge in [0.2, 0.25) is 0 Å². The average Bonchev–Trinajstić information content (AvgIpc) is 2.26. The number of aliphatic hydroxyl groups is 2. The van der Waals surface area contributed by atoms with Crippen LogP contribution in [0.4, 0.5) is 9.59 Å². The molecule has 0 bridgehead atoms. The number of carbonyl (C=O) groups is 2. The Morgan fingerprint density at radius 1 is 1.00 bits per heavy atom. The molecule has 0 aliphatic heterocycles. The summed E-state index contributed by atoms with van der Waals surface area (Å²) in [6, 6.07) is 0. The van der Waals surface area contributed by atoms with Crippen LogP contribution in [0.1, 0.15) is 13.3 Å². The number of carboxylic acid groups (broad SMARTS) is 2. The molecule has 0 atom stereocenters. The van der Waals surface area contributed by atoms with Crippen LogP contribution in [0.5, 0.6) is 0 Å². The first-order valence-electron chi connectivity index (χ1n) is 5.20. The third kappa shape index (κ3) is 4.45. The molecule has 0 saturated carbocycles. The van der Waals surface area contributed by atoms with Crippen LogP contribution >= 0.6 is 0 Å². The fraction of sp³-hybridized carbons (Fsp3) is 0.778. The topological polar surface area (TPSA) is 122 Å². The molecule has 0 aromatic heterocycles. The summed E-state index contributed by atoms with van der Waals surface area (Å²) in [6.07, 6.45) is -3.30. The van der Waals surface area contributed by atoms with E-state index in [1.807, 2.05) is 0 Å². The monoisotopic (exact) mass is 250 g/mol. The number of hydrogen-bond acceptors (Lipinski definition) is 4. The average molecular weight is 250 g/mol. The van der Waals surface area contributed by atoms with Crippen LogP contribution in [0.3, 0.4) is 0 Å². The van der Waals surface area contributed by atoms with Crippen LogP contribution in [-0.4, -0.2) is 74.9 Å². The van der Waals surface area contributed by atoms with Crippen molar-refractivity contribution in [2.45, 2.75) is 19.5 Å². The number of rotatable bonds is 7. The first-order valence-corrected chi connectivity index (χ1v) is 5.20. The summed E-state index contributed by atoms with van der Waals surface area (Å²) in [5, 5.41) is 35.4. The summed E-state index contributed by atoms with van der Waals surface area (Å²) in [5.41, 5.74) is 0. The number of hydrogen-bond donors (Lipinski definition) is 4.